The molecule has 9 heteroatoms. The maximum absolute atomic E-state index is 12.8. The van der Waals surface area contributed by atoms with Crippen molar-refractivity contribution in [2.24, 2.45) is 0 Å². The molecule has 0 saturated carbocycles. The Labute approximate surface area is 199 Å². The molecule has 8 nitrogen and oxygen atoms in total. The molecule has 0 atom stereocenters. The van der Waals surface area contributed by atoms with Crippen molar-refractivity contribution in [3.63, 3.8) is 0 Å². The summed E-state index contributed by atoms with van der Waals surface area (Å²) in [5, 5.41) is 2.83. The lowest BCUT2D eigenvalue weighted by atomic mass is 10.1. The lowest BCUT2D eigenvalue weighted by Gasteiger charge is -2.15. The van der Waals surface area contributed by atoms with E-state index >= 15 is 0 Å². The Morgan fingerprint density at radius 3 is 2.06 bits per heavy atom. The molecule has 0 unspecified atom stereocenters. The fourth-order valence-electron chi connectivity index (χ4n) is 3.40. The van der Waals surface area contributed by atoms with Gasteiger partial charge < -0.3 is 19.5 Å². The average Bonchev–Trinajstić information content (AvgIpc) is 2.83. The van der Waals surface area contributed by atoms with E-state index in [1.807, 2.05) is 13.0 Å². The Hall–Kier alpha value is -3.72. The first-order valence-electron chi connectivity index (χ1n) is 10.5. The summed E-state index contributed by atoms with van der Waals surface area (Å²) in [6.45, 7) is 3.78. The summed E-state index contributed by atoms with van der Waals surface area (Å²) in [4.78, 5) is 12.9. The lowest BCUT2D eigenvalue weighted by Crippen LogP contribution is -2.23. The van der Waals surface area contributed by atoms with Gasteiger partial charge in [0.2, 0.25) is 0 Å². The van der Waals surface area contributed by atoms with Crippen molar-refractivity contribution < 1.29 is 27.4 Å². The molecule has 0 aromatic heterocycles. The van der Waals surface area contributed by atoms with Crippen LogP contribution in [-0.4, -0.2) is 35.7 Å². The van der Waals surface area contributed by atoms with E-state index in [0.29, 0.717) is 39.6 Å². The van der Waals surface area contributed by atoms with Crippen molar-refractivity contribution >= 4 is 21.6 Å². The largest absolute Gasteiger partial charge is 0.496 e. The quantitative estimate of drug-likeness (QED) is 0.475. The molecule has 34 heavy (non-hydrogen) atoms. The maximum atomic E-state index is 12.8. The zero-order valence-corrected chi connectivity index (χ0v) is 20.6. The monoisotopic (exact) mass is 484 g/mol. The summed E-state index contributed by atoms with van der Waals surface area (Å²) in [7, 11) is 0.843. The number of hydrogen-bond acceptors (Lipinski definition) is 6. The third-order valence-electron chi connectivity index (χ3n) is 5.26. The SMILES string of the molecule is COc1cc(OC)c(OC)cc1CNC(=O)c1ccc(NS(=O)(=O)c2cc(C)ccc2C)cc1. The van der Waals surface area contributed by atoms with E-state index in [1.54, 1.807) is 55.5 Å². The Morgan fingerprint density at radius 1 is 0.824 bits per heavy atom. The topological polar surface area (TPSA) is 103 Å². The molecule has 2 N–H and O–H groups in total. The summed E-state index contributed by atoms with van der Waals surface area (Å²) in [5.74, 6) is 1.27. The van der Waals surface area contributed by atoms with Gasteiger partial charge >= 0.3 is 0 Å². The molecule has 3 rings (SSSR count). The molecule has 3 aromatic carbocycles. The molecule has 180 valence electrons. The zero-order chi connectivity index (χ0) is 24.9. The minimum atomic E-state index is -3.75. The number of methoxy groups -OCH3 is 3. The molecule has 0 heterocycles. The fourth-order valence-corrected chi connectivity index (χ4v) is 4.79. The van der Waals surface area contributed by atoms with Gasteiger partial charge in [0, 0.05) is 29.4 Å². The molecule has 0 spiro atoms. The van der Waals surface area contributed by atoms with Crippen molar-refractivity contribution in [2.45, 2.75) is 25.3 Å². The number of carbonyl (C=O) groups excluding carboxylic acids is 1. The van der Waals surface area contributed by atoms with Crippen LogP contribution in [0.25, 0.3) is 0 Å². The predicted octanol–water partition coefficient (Wildman–Crippen LogP) is 4.06. The van der Waals surface area contributed by atoms with Gasteiger partial charge in [0.1, 0.15) is 5.75 Å². The predicted molar refractivity (Wildman–Crippen MR) is 130 cm³/mol. The molecule has 0 saturated heterocycles. The molecule has 0 radical (unpaired) electrons. The van der Waals surface area contributed by atoms with Gasteiger partial charge in [0.25, 0.3) is 15.9 Å². The second-order valence-corrected chi connectivity index (χ2v) is 9.30. The number of aryl methyl sites for hydroxylation is 2. The van der Waals surface area contributed by atoms with Crippen molar-refractivity contribution in [3.05, 3.63) is 76.9 Å². The summed E-state index contributed by atoms with van der Waals surface area (Å²) < 4.78 is 44.1. The molecule has 0 aliphatic rings. The number of benzene rings is 3. The second-order valence-electron chi connectivity index (χ2n) is 7.65. The number of sulfonamides is 1. The van der Waals surface area contributed by atoms with Crippen LogP contribution < -0.4 is 24.2 Å². The number of rotatable bonds is 9. The minimum absolute atomic E-state index is 0.198. The molecule has 1 amide bonds. The van der Waals surface area contributed by atoms with Crippen LogP contribution in [0.15, 0.2) is 59.5 Å². The lowest BCUT2D eigenvalue weighted by molar-refractivity contribution is 0.0950. The Balaban J connectivity index is 1.71. The summed E-state index contributed by atoms with van der Waals surface area (Å²) in [6, 6.07) is 14.9. The van der Waals surface area contributed by atoms with E-state index in [-0.39, 0.29) is 17.3 Å². The first kappa shape index (κ1) is 24.9. The fraction of sp³-hybridized carbons (Fsp3) is 0.240. The van der Waals surface area contributed by atoms with Crippen LogP contribution in [0.4, 0.5) is 5.69 Å². The molecule has 0 bridgehead atoms. The van der Waals surface area contributed by atoms with Crippen molar-refractivity contribution in [1.82, 2.24) is 5.32 Å². The number of ether oxygens (including phenoxy) is 3. The number of nitrogens with one attached hydrogen (secondary N) is 2. The van der Waals surface area contributed by atoms with Gasteiger partial charge in [-0.05, 0) is 61.4 Å². The second kappa shape index (κ2) is 10.5. The van der Waals surface area contributed by atoms with Crippen LogP contribution in [0, 0.1) is 13.8 Å². The Morgan fingerprint density at radius 2 is 1.44 bits per heavy atom. The van der Waals surface area contributed by atoms with Crippen molar-refractivity contribution in [2.75, 3.05) is 26.1 Å². The van der Waals surface area contributed by atoms with E-state index in [9.17, 15) is 13.2 Å². The highest BCUT2D eigenvalue weighted by atomic mass is 32.2. The van der Waals surface area contributed by atoms with Crippen LogP contribution in [0.5, 0.6) is 17.2 Å². The molecule has 0 aliphatic heterocycles. The molecule has 0 fully saturated rings. The first-order chi connectivity index (χ1) is 16.2. The molecule has 0 aliphatic carbocycles. The van der Waals surface area contributed by atoms with Crippen LogP contribution in [-0.2, 0) is 16.6 Å². The van der Waals surface area contributed by atoms with E-state index in [2.05, 4.69) is 10.0 Å². The van der Waals surface area contributed by atoms with Gasteiger partial charge in [-0.25, -0.2) is 8.42 Å². The first-order valence-corrected chi connectivity index (χ1v) is 11.9. The summed E-state index contributed by atoms with van der Waals surface area (Å²) in [6.07, 6.45) is 0. The van der Waals surface area contributed by atoms with Crippen LogP contribution in [0.1, 0.15) is 27.0 Å². The van der Waals surface area contributed by atoms with Gasteiger partial charge in [-0.1, -0.05) is 12.1 Å². The van der Waals surface area contributed by atoms with Gasteiger partial charge in [-0.15, -0.1) is 0 Å². The third-order valence-corrected chi connectivity index (χ3v) is 6.78. The average molecular weight is 485 g/mol. The van der Waals surface area contributed by atoms with Gasteiger partial charge in [0.05, 0.1) is 26.2 Å². The van der Waals surface area contributed by atoms with E-state index in [1.165, 1.54) is 21.3 Å². The molecule has 3 aromatic rings. The van der Waals surface area contributed by atoms with Crippen molar-refractivity contribution in [1.29, 1.82) is 0 Å². The normalized spacial score (nSPS) is 11.0. The Kier molecular flexibility index (Phi) is 7.68. The van der Waals surface area contributed by atoms with Gasteiger partial charge in [-0.2, -0.15) is 0 Å². The highest BCUT2D eigenvalue weighted by Crippen LogP contribution is 2.34. The number of carbonyl (C=O) groups is 1. The highest BCUT2D eigenvalue weighted by molar-refractivity contribution is 7.92. The van der Waals surface area contributed by atoms with Gasteiger partial charge in [-0.3, -0.25) is 9.52 Å². The summed E-state index contributed by atoms with van der Waals surface area (Å²) >= 11 is 0. The van der Waals surface area contributed by atoms with Crippen LogP contribution in [0.3, 0.4) is 0 Å². The van der Waals surface area contributed by atoms with Crippen LogP contribution in [0.2, 0.25) is 0 Å². The molecular weight excluding hydrogens is 456 g/mol. The smallest absolute Gasteiger partial charge is 0.262 e. The van der Waals surface area contributed by atoms with E-state index in [4.69, 9.17) is 14.2 Å². The Bertz CT molecular complexity index is 1290. The van der Waals surface area contributed by atoms with Crippen molar-refractivity contribution in [3.8, 4) is 17.2 Å². The highest BCUT2D eigenvalue weighted by Gasteiger charge is 2.18. The van der Waals surface area contributed by atoms with E-state index in [0.717, 1.165) is 5.56 Å². The standard InChI is InChI=1S/C25H28N2O6S/c1-16-6-7-17(2)24(12-16)34(29,30)27-20-10-8-18(9-11-20)25(28)26-15-19-13-22(32-4)23(33-5)14-21(19)31-3/h6-14,27H,15H2,1-5H3,(H,26,28). The molecular formula is C25H28N2O6S. The number of hydrogen-bond donors (Lipinski definition) is 2. The summed E-state index contributed by atoms with van der Waals surface area (Å²) in [5.41, 5.74) is 2.96. The van der Waals surface area contributed by atoms with E-state index < -0.39 is 10.0 Å². The minimum Gasteiger partial charge on any atom is -0.496 e. The zero-order valence-electron chi connectivity index (χ0n) is 19.8. The number of anilines is 1. The number of amides is 1. The third kappa shape index (κ3) is 5.60. The maximum Gasteiger partial charge on any atom is 0.262 e. The van der Waals surface area contributed by atoms with Crippen LogP contribution >= 0.6 is 0 Å². The van der Waals surface area contributed by atoms with Gasteiger partial charge in [0.15, 0.2) is 11.5 Å².